The van der Waals surface area contributed by atoms with Gasteiger partial charge in [0.25, 0.3) is 0 Å². The van der Waals surface area contributed by atoms with Crippen molar-refractivity contribution in [3.05, 3.63) is 58.9 Å². The Labute approximate surface area is 168 Å². The Morgan fingerprint density at radius 3 is 2.93 bits per heavy atom. The molecule has 1 unspecified atom stereocenters. The topological polar surface area (TPSA) is 80.8 Å². The van der Waals surface area contributed by atoms with Crippen molar-refractivity contribution in [2.24, 2.45) is 0 Å². The normalized spacial score (nSPS) is 15.9. The van der Waals surface area contributed by atoms with Crippen LogP contribution in [0.2, 0.25) is 5.02 Å². The molecule has 1 aliphatic heterocycles. The number of hydrogen-bond donors (Lipinski definition) is 1. The molecule has 0 radical (unpaired) electrons. The SMILES string of the molecule is COC(=O)c1cc(NC(=O)N(Cc2cccnc2)CC2CCCO2)ccc1Cl. The number of nitrogens with zero attached hydrogens (tertiary/aromatic N) is 2. The van der Waals surface area contributed by atoms with Crippen molar-refractivity contribution in [1.29, 1.82) is 0 Å². The Kier molecular flexibility index (Phi) is 6.84. The van der Waals surface area contributed by atoms with Gasteiger partial charge in [-0.25, -0.2) is 9.59 Å². The standard InChI is InChI=1S/C20H22ClN3O4/c1-27-19(25)17-10-15(6-7-18(17)21)23-20(26)24(13-16-5-3-9-28-16)12-14-4-2-8-22-11-14/h2,4,6-8,10-11,16H,3,5,9,12-13H2,1H3,(H,23,26). The van der Waals surface area contributed by atoms with E-state index in [4.69, 9.17) is 21.1 Å². The molecule has 1 aromatic heterocycles. The Bertz CT molecular complexity index is 825. The molecule has 0 bridgehead atoms. The lowest BCUT2D eigenvalue weighted by atomic mass is 10.2. The summed E-state index contributed by atoms with van der Waals surface area (Å²) in [6.45, 7) is 1.59. The van der Waals surface area contributed by atoms with Crippen molar-refractivity contribution >= 4 is 29.3 Å². The fourth-order valence-electron chi connectivity index (χ4n) is 3.04. The number of hydrogen-bond acceptors (Lipinski definition) is 5. The van der Waals surface area contributed by atoms with Gasteiger partial charge in [0.1, 0.15) is 0 Å². The highest BCUT2D eigenvalue weighted by Gasteiger charge is 2.23. The molecule has 2 amide bonds. The zero-order valence-electron chi connectivity index (χ0n) is 15.6. The molecule has 1 saturated heterocycles. The number of anilines is 1. The van der Waals surface area contributed by atoms with Crippen molar-refractivity contribution in [2.45, 2.75) is 25.5 Å². The van der Waals surface area contributed by atoms with E-state index in [1.54, 1.807) is 29.4 Å². The molecule has 0 aliphatic carbocycles. The van der Waals surface area contributed by atoms with Crippen LogP contribution in [0.1, 0.15) is 28.8 Å². The third-order valence-electron chi connectivity index (χ3n) is 4.45. The first-order valence-electron chi connectivity index (χ1n) is 9.01. The van der Waals surface area contributed by atoms with Gasteiger partial charge < -0.3 is 19.7 Å². The lowest BCUT2D eigenvalue weighted by Crippen LogP contribution is -2.39. The van der Waals surface area contributed by atoms with Gasteiger partial charge in [0, 0.05) is 37.8 Å². The van der Waals surface area contributed by atoms with E-state index in [2.05, 4.69) is 10.3 Å². The molecular weight excluding hydrogens is 382 g/mol. The van der Waals surface area contributed by atoms with Gasteiger partial charge in [-0.2, -0.15) is 0 Å². The van der Waals surface area contributed by atoms with E-state index in [1.807, 2.05) is 12.1 Å². The van der Waals surface area contributed by atoms with Gasteiger partial charge >= 0.3 is 12.0 Å². The summed E-state index contributed by atoms with van der Waals surface area (Å²) < 4.78 is 10.4. The summed E-state index contributed by atoms with van der Waals surface area (Å²) in [5.74, 6) is -0.562. The summed E-state index contributed by atoms with van der Waals surface area (Å²) in [5.41, 5.74) is 1.57. The van der Waals surface area contributed by atoms with Gasteiger partial charge in [0.05, 0.1) is 23.8 Å². The van der Waals surface area contributed by atoms with Crippen molar-refractivity contribution in [1.82, 2.24) is 9.88 Å². The Morgan fingerprint density at radius 2 is 2.25 bits per heavy atom. The van der Waals surface area contributed by atoms with Crippen molar-refractivity contribution in [3.63, 3.8) is 0 Å². The monoisotopic (exact) mass is 403 g/mol. The van der Waals surface area contributed by atoms with Crippen LogP contribution >= 0.6 is 11.6 Å². The second-order valence-electron chi connectivity index (χ2n) is 6.49. The minimum atomic E-state index is -0.562. The summed E-state index contributed by atoms with van der Waals surface area (Å²) in [5, 5.41) is 3.09. The van der Waals surface area contributed by atoms with Gasteiger partial charge in [0.2, 0.25) is 0 Å². The van der Waals surface area contributed by atoms with Crippen LogP contribution in [0.4, 0.5) is 10.5 Å². The lowest BCUT2D eigenvalue weighted by Gasteiger charge is -2.26. The van der Waals surface area contributed by atoms with Gasteiger partial charge in [-0.15, -0.1) is 0 Å². The Morgan fingerprint density at radius 1 is 1.39 bits per heavy atom. The number of ether oxygens (including phenoxy) is 2. The van der Waals surface area contributed by atoms with Crippen molar-refractivity contribution < 1.29 is 19.1 Å². The third-order valence-corrected chi connectivity index (χ3v) is 4.78. The van der Waals surface area contributed by atoms with Gasteiger partial charge in [-0.3, -0.25) is 4.98 Å². The van der Waals surface area contributed by atoms with E-state index >= 15 is 0 Å². The van der Waals surface area contributed by atoms with Crippen molar-refractivity contribution in [2.75, 3.05) is 25.6 Å². The Hall–Kier alpha value is -2.64. The number of amides is 2. The largest absolute Gasteiger partial charge is 0.465 e. The summed E-state index contributed by atoms with van der Waals surface area (Å²) in [4.78, 5) is 30.5. The second kappa shape index (κ2) is 9.52. The third kappa shape index (κ3) is 5.21. The molecule has 8 heteroatoms. The number of nitrogens with one attached hydrogen (secondary N) is 1. The fourth-order valence-corrected chi connectivity index (χ4v) is 3.23. The number of halogens is 1. The van der Waals surface area contributed by atoms with E-state index < -0.39 is 5.97 Å². The zero-order valence-corrected chi connectivity index (χ0v) is 16.3. The highest BCUT2D eigenvalue weighted by molar-refractivity contribution is 6.33. The number of esters is 1. The predicted molar refractivity (Wildman–Crippen MR) is 105 cm³/mol. The molecule has 1 aliphatic rings. The highest BCUT2D eigenvalue weighted by Crippen LogP contribution is 2.22. The molecule has 1 fully saturated rings. The van der Waals surface area contributed by atoms with E-state index in [-0.39, 0.29) is 22.7 Å². The van der Waals surface area contributed by atoms with Crippen LogP contribution in [0.15, 0.2) is 42.7 Å². The van der Waals surface area contributed by atoms with Crippen LogP contribution in [-0.4, -0.2) is 48.2 Å². The molecule has 1 N–H and O–H groups in total. The maximum Gasteiger partial charge on any atom is 0.339 e. The first kappa shape index (κ1) is 20.1. The first-order chi connectivity index (χ1) is 13.6. The summed E-state index contributed by atoms with van der Waals surface area (Å²) >= 11 is 6.04. The molecular formula is C20H22ClN3O4. The van der Waals surface area contributed by atoms with Crippen molar-refractivity contribution in [3.8, 4) is 0 Å². The van der Waals surface area contributed by atoms with E-state index in [9.17, 15) is 9.59 Å². The molecule has 1 atom stereocenters. The predicted octanol–water partition coefficient (Wildman–Crippen LogP) is 3.73. The molecule has 148 valence electrons. The number of rotatable bonds is 6. The van der Waals surface area contributed by atoms with Crippen LogP contribution in [0.5, 0.6) is 0 Å². The number of carbonyl (C=O) groups is 2. The lowest BCUT2D eigenvalue weighted by molar-refractivity contribution is 0.0601. The van der Waals surface area contributed by atoms with Gasteiger partial charge in [-0.05, 0) is 42.7 Å². The fraction of sp³-hybridized carbons (Fsp3) is 0.350. The highest BCUT2D eigenvalue weighted by atomic mass is 35.5. The number of aromatic nitrogens is 1. The average molecular weight is 404 g/mol. The minimum absolute atomic E-state index is 0.0123. The zero-order chi connectivity index (χ0) is 19.9. The van der Waals surface area contributed by atoms with Gasteiger partial charge in [-0.1, -0.05) is 17.7 Å². The van der Waals surface area contributed by atoms with E-state index in [0.29, 0.717) is 25.4 Å². The maximum atomic E-state index is 12.9. The molecule has 3 rings (SSSR count). The molecule has 0 saturated carbocycles. The second-order valence-corrected chi connectivity index (χ2v) is 6.90. The maximum absolute atomic E-state index is 12.9. The number of pyridine rings is 1. The van der Waals surface area contributed by atoms with Crippen LogP contribution < -0.4 is 5.32 Å². The average Bonchev–Trinajstić information content (AvgIpc) is 3.22. The molecule has 2 heterocycles. The van der Waals surface area contributed by atoms with Gasteiger partial charge in [0.15, 0.2) is 0 Å². The van der Waals surface area contributed by atoms with Crippen LogP contribution in [0.25, 0.3) is 0 Å². The molecule has 2 aromatic rings. The molecule has 1 aromatic carbocycles. The van der Waals surface area contributed by atoms with E-state index in [1.165, 1.54) is 13.2 Å². The number of urea groups is 1. The van der Waals surface area contributed by atoms with E-state index in [0.717, 1.165) is 18.4 Å². The van der Waals surface area contributed by atoms with Crippen LogP contribution in [0, 0.1) is 0 Å². The number of methoxy groups -OCH3 is 1. The first-order valence-corrected chi connectivity index (χ1v) is 9.39. The Balaban J connectivity index is 1.75. The molecule has 7 nitrogen and oxygen atoms in total. The van der Waals surface area contributed by atoms with Crippen LogP contribution in [0.3, 0.4) is 0 Å². The molecule has 0 spiro atoms. The minimum Gasteiger partial charge on any atom is -0.465 e. The quantitative estimate of drug-likeness (QED) is 0.743. The van der Waals surface area contributed by atoms with Crippen LogP contribution in [-0.2, 0) is 16.0 Å². The summed E-state index contributed by atoms with van der Waals surface area (Å²) in [7, 11) is 1.28. The summed E-state index contributed by atoms with van der Waals surface area (Å²) in [6.07, 6.45) is 5.35. The number of carbonyl (C=O) groups excluding carboxylic acids is 2. The smallest absolute Gasteiger partial charge is 0.339 e. The molecule has 28 heavy (non-hydrogen) atoms. The number of benzene rings is 1. The summed E-state index contributed by atoms with van der Waals surface area (Å²) in [6, 6.07) is 8.15.